The molecule has 3 rings (SSSR count). The number of rotatable bonds is 16. The maximum Gasteiger partial charge on any atom is 0.343 e. The van der Waals surface area contributed by atoms with E-state index in [1.807, 2.05) is 0 Å². The van der Waals surface area contributed by atoms with Gasteiger partial charge in [0.05, 0.1) is 37.6 Å². The van der Waals surface area contributed by atoms with E-state index >= 15 is 0 Å². The highest BCUT2D eigenvalue weighted by molar-refractivity contribution is 5.91. The second-order valence-corrected chi connectivity index (χ2v) is 8.89. The van der Waals surface area contributed by atoms with Crippen molar-refractivity contribution in [1.29, 1.82) is 0 Å². The summed E-state index contributed by atoms with van der Waals surface area (Å²) in [4.78, 5) is 47.3. The van der Waals surface area contributed by atoms with Gasteiger partial charge in [-0.2, -0.15) is 0 Å². The van der Waals surface area contributed by atoms with E-state index in [2.05, 4.69) is 19.7 Å². The van der Waals surface area contributed by atoms with Gasteiger partial charge < -0.3 is 28.4 Å². The van der Waals surface area contributed by atoms with Gasteiger partial charge in [-0.05, 0) is 72.3 Å². The first-order valence-corrected chi connectivity index (χ1v) is 13.3. The van der Waals surface area contributed by atoms with Crippen LogP contribution in [0.2, 0.25) is 0 Å². The van der Waals surface area contributed by atoms with Crippen molar-refractivity contribution in [3.05, 3.63) is 121 Å². The molecule has 43 heavy (non-hydrogen) atoms. The minimum Gasteiger partial charge on any atom is -0.493 e. The Balaban J connectivity index is 1.41. The van der Waals surface area contributed by atoms with E-state index in [0.717, 1.165) is 12.2 Å². The van der Waals surface area contributed by atoms with Gasteiger partial charge in [0, 0.05) is 25.0 Å². The van der Waals surface area contributed by atoms with Crippen LogP contribution in [0.3, 0.4) is 0 Å². The van der Waals surface area contributed by atoms with Gasteiger partial charge in [-0.25, -0.2) is 19.2 Å². The van der Waals surface area contributed by atoms with E-state index < -0.39 is 30.0 Å². The minimum absolute atomic E-state index is 0.214. The van der Waals surface area contributed by atoms with E-state index in [0.29, 0.717) is 54.3 Å². The van der Waals surface area contributed by atoms with Crippen LogP contribution in [0, 0.1) is 0 Å². The predicted molar refractivity (Wildman–Crippen MR) is 156 cm³/mol. The number of carbonyl (C=O) groups excluding carboxylic acids is 4. The van der Waals surface area contributed by atoms with Crippen LogP contribution in [-0.4, -0.2) is 56.4 Å². The fourth-order valence-electron chi connectivity index (χ4n) is 3.48. The average Bonchev–Trinajstić information content (AvgIpc) is 3.02. The fraction of sp³-hybridized carbons (Fsp3) is 0.212. The SMILES string of the molecule is C=CC(=O)OCCCOc1ccc(C(=O)OC2=CC(=C)C(OC(=O)c3ccc(OCCCOC(=O)C=C)cc3)C=C2)cc1. The summed E-state index contributed by atoms with van der Waals surface area (Å²) in [6, 6.07) is 12.8. The van der Waals surface area contributed by atoms with Crippen LogP contribution in [-0.2, 0) is 28.5 Å². The first kappa shape index (κ1) is 32.1. The third-order valence-electron chi connectivity index (χ3n) is 5.69. The summed E-state index contributed by atoms with van der Waals surface area (Å²) in [7, 11) is 0. The summed E-state index contributed by atoms with van der Waals surface area (Å²) in [6.07, 6.45) is 7.09. The van der Waals surface area contributed by atoms with Gasteiger partial charge in [-0.1, -0.05) is 19.7 Å². The Morgan fingerprint density at radius 3 is 1.65 bits per heavy atom. The molecule has 0 aromatic heterocycles. The number of benzene rings is 2. The van der Waals surface area contributed by atoms with Gasteiger partial charge in [0.25, 0.3) is 0 Å². The monoisotopic (exact) mass is 588 g/mol. The molecule has 0 amide bonds. The molecule has 0 N–H and O–H groups in total. The third kappa shape index (κ3) is 10.8. The van der Waals surface area contributed by atoms with Crippen LogP contribution in [0.25, 0.3) is 0 Å². The van der Waals surface area contributed by atoms with E-state index in [9.17, 15) is 19.2 Å². The van der Waals surface area contributed by atoms with Crippen molar-refractivity contribution in [3.63, 3.8) is 0 Å². The lowest BCUT2D eigenvalue weighted by molar-refractivity contribution is -0.138. The number of carbonyl (C=O) groups is 4. The van der Waals surface area contributed by atoms with E-state index in [1.54, 1.807) is 54.6 Å². The topological polar surface area (TPSA) is 124 Å². The van der Waals surface area contributed by atoms with Gasteiger partial charge >= 0.3 is 23.9 Å². The molecule has 0 radical (unpaired) electrons. The lowest BCUT2D eigenvalue weighted by atomic mass is 10.1. The molecule has 0 saturated carbocycles. The maximum absolute atomic E-state index is 12.6. The lowest BCUT2D eigenvalue weighted by Crippen LogP contribution is -2.20. The number of ether oxygens (including phenoxy) is 6. The molecule has 1 unspecified atom stereocenters. The van der Waals surface area contributed by atoms with Crippen molar-refractivity contribution in [2.75, 3.05) is 26.4 Å². The second kappa shape index (κ2) is 16.8. The molecule has 0 bridgehead atoms. The van der Waals surface area contributed by atoms with Crippen molar-refractivity contribution in [2.24, 2.45) is 0 Å². The summed E-state index contributed by atoms with van der Waals surface area (Å²) in [5, 5.41) is 0. The van der Waals surface area contributed by atoms with Crippen LogP contribution in [0.15, 0.2) is 110 Å². The Morgan fingerprint density at radius 1 is 0.698 bits per heavy atom. The third-order valence-corrected chi connectivity index (χ3v) is 5.69. The van der Waals surface area contributed by atoms with E-state index in [4.69, 9.17) is 28.4 Å². The van der Waals surface area contributed by atoms with Crippen molar-refractivity contribution in [2.45, 2.75) is 18.9 Å². The maximum atomic E-state index is 12.6. The van der Waals surface area contributed by atoms with Gasteiger partial charge in [0.1, 0.15) is 23.4 Å². The molecule has 0 fully saturated rings. The Morgan fingerprint density at radius 2 is 1.19 bits per heavy atom. The summed E-state index contributed by atoms with van der Waals surface area (Å²) < 4.78 is 31.9. The second-order valence-electron chi connectivity index (χ2n) is 8.89. The van der Waals surface area contributed by atoms with E-state index in [-0.39, 0.29) is 19.0 Å². The molecule has 1 aliphatic carbocycles. The average molecular weight is 589 g/mol. The molecule has 0 saturated heterocycles. The molecular weight excluding hydrogens is 556 g/mol. The van der Waals surface area contributed by atoms with Crippen molar-refractivity contribution < 1.29 is 47.6 Å². The summed E-state index contributed by atoms with van der Waals surface area (Å²) in [5.41, 5.74) is 1.06. The molecule has 10 heteroatoms. The Kier molecular flexibility index (Phi) is 12.5. The molecule has 224 valence electrons. The highest BCUT2D eigenvalue weighted by Gasteiger charge is 2.20. The molecule has 1 atom stereocenters. The molecule has 1 aliphatic rings. The van der Waals surface area contributed by atoms with Crippen LogP contribution < -0.4 is 9.47 Å². The zero-order chi connectivity index (χ0) is 31.0. The fourth-order valence-corrected chi connectivity index (χ4v) is 3.48. The van der Waals surface area contributed by atoms with Crippen LogP contribution in [0.4, 0.5) is 0 Å². The predicted octanol–water partition coefficient (Wildman–Crippen LogP) is 5.08. The smallest absolute Gasteiger partial charge is 0.343 e. The normalized spacial score (nSPS) is 13.6. The first-order chi connectivity index (χ1) is 20.8. The highest BCUT2D eigenvalue weighted by atomic mass is 16.6. The van der Waals surface area contributed by atoms with Crippen molar-refractivity contribution in [1.82, 2.24) is 0 Å². The quantitative estimate of drug-likeness (QED) is 0.114. The lowest BCUT2D eigenvalue weighted by Gasteiger charge is -2.19. The molecule has 0 aliphatic heterocycles. The van der Waals surface area contributed by atoms with Crippen LogP contribution in [0.5, 0.6) is 11.5 Å². The molecule has 0 spiro atoms. The van der Waals surface area contributed by atoms with Gasteiger partial charge in [0.15, 0.2) is 0 Å². The Hall–Kier alpha value is -5.38. The Bertz CT molecular complexity index is 1380. The standard InChI is InChI=1S/C33H32O10/c1-4-30(34)40-20-6-18-38-26-12-8-24(9-13-26)32(36)42-28-16-17-29(23(3)22-28)43-33(37)25-10-14-27(15-11-25)39-19-7-21-41-31(35)5-2/h4-5,8-17,22,29H,1-3,6-7,18-21H2. The largest absolute Gasteiger partial charge is 0.493 e. The van der Waals surface area contributed by atoms with E-state index in [1.165, 1.54) is 12.2 Å². The zero-order valence-corrected chi connectivity index (χ0v) is 23.5. The molecule has 10 nitrogen and oxygen atoms in total. The van der Waals surface area contributed by atoms with Gasteiger partial charge in [0.2, 0.25) is 0 Å². The molecule has 2 aromatic carbocycles. The molecule has 0 heterocycles. The highest BCUT2D eigenvalue weighted by Crippen LogP contribution is 2.22. The number of hydrogen-bond acceptors (Lipinski definition) is 10. The number of hydrogen-bond donors (Lipinski definition) is 0. The zero-order valence-electron chi connectivity index (χ0n) is 23.5. The van der Waals surface area contributed by atoms with Crippen LogP contribution >= 0.6 is 0 Å². The van der Waals surface area contributed by atoms with Crippen molar-refractivity contribution >= 4 is 23.9 Å². The summed E-state index contributed by atoms with van der Waals surface area (Å²) in [5.74, 6) is -0.771. The number of allylic oxidation sites excluding steroid dienone is 1. The van der Waals surface area contributed by atoms with Crippen LogP contribution in [0.1, 0.15) is 33.6 Å². The van der Waals surface area contributed by atoms with Gasteiger partial charge in [-0.15, -0.1) is 0 Å². The number of esters is 4. The Labute approximate surface area is 249 Å². The minimum atomic E-state index is -0.735. The molecular formula is C33H32O10. The first-order valence-electron chi connectivity index (χ1n) is 13.3. The van der Waals surface area contributed by atoms with Gasteiger partial charge in [-0.3, -0.25) is 0 Å². The van der Waals surface area contributed by atoms with Crippen molar-refractivity contribution in [3.8, 4) is 11.5 Å². The summed E-state index contributed by atoms with van der Waals surface area (Å²) in [6.45, 7) is 11.7. The summed E-state index contributed by atoms with van der Waals surface area (Å²) >= 11 is 0. The molecule has 2 aromatic rings.